The summed E-state index contributed by atoms with van der Waals surface area (Å²) in [5.74, 6) is 0. The molecule has 0 unspecified atom stereocenters. The van der Waals surface area contributed by atoms with Gasteiger partial charge in [0, 0.05) is 23.4 Å². The minimum absolute atomic E-state index is 0.0160. The van der Waals surface area contributed by atoms with Crippen LogP contribution >= 0.6 is 15.9 Å². The molecular formula is C15H17BrN2O. The van der Waals surface area contributed by atoms with Crippen LogP contribution < -0.4 is 0 Å². The molecule has 0 saturated heterocycles. The van der Waals surface area contributed by atoms with E-state index in [2.05, 4.69) is 25.8 Å². The second-order valence-corrected chi connectivity index (χ2v) is 5.45. The van der Waals surface area contributed by atoms with Crippen molar-refractivity contribution in [2.24, 2.45) is 0 Å². The van der Waals surface area contributed by atoms with E-state index in [1.807, 2.05) is 49.6 Å². The van der Waals surface area contributed by atoms with E-state index in [0.717, 1.165) is 22.1 Å². The van der Waals surface area contributed by atoms with E-state index in [9.17, 15) is 5.11 Å². The van der Waals surface area contributed by atoms with Gasteiger partial charge < -0.3 is 5.11 Å². The normalized spacial score (nSPS) is 12.6. The molecule has 0 aliphatic heterocycles. The number of pyridine rings is 1. The van der Waals surface area contributed by atoms with Crippen molar-refractivity contribution in [3.63, 3.8) is 0 Å². The van der Waals surface area contributed by atoms with E-state index in [4.69, 9.17) is 0 Å². The maximum atomic E-state index is 9.65. The number of benzene rings is 1. The lowest BCUT2D eigenvalue weighted by atomic mass is 10.1. The summed E-state index contributed by atoms with van der Waals surface area (Å²) < 4.78 is 1.03. The Hall–Kier alpha value is -1.23. The number of aromatic nitrogens is 1. The second kappa shape index (κ2) is 6.80. The molecule has 19 heavy (non-hydrogen) atoms. The van der Waals surface area contributed by atoms with Crippen LogP contribution in [0.5, 0.6) is 0 Å². The second-order valence-electron chi connectivity index (χ2n) is 4.53. The highest BCUT2D eigenvalue weighted by atomic mass is 79.9. The highest BCUT2D eigenvalue weighted by Crippen LogP contribution is 2.23. The third-order valence-corrected chi connectivity index (χ3v) is 3.59. The number of hydrogen-bond donors (Lipinski definition) is 1. The van der Waals surface area contributed by atoms with E-state index in [0.29, 0.717) is 0 Å². The van der Waals surface area contributed by atoms with Crippen molar-refractivity contribution in [2.45, 2.75) is 12.6 Å². The summed E-state index contributed by atoms with van der Waals surface area (Å²) in [6.07, 6.45) is 3.62. The van der Waals surface area contributed by atoms with Crippen LogP contribution in [0.4, 0.5) is 0 Å². The Morgan fingerprint density at radius 3 is 2.79 bits per heavy atom. The van der Waals surface area contributed by atoms with Crippen LogP contribution in [0.25, 0.3) is 0 Å². The van der Waals surface area contributed by atoms with Crippen molar-refractivity contribution in [3.05, 3.63) is 64.4 Å². The monoisotopic (exact) mass is 320 g/mol. The summed E-state index contributed by atoms with van der Waals surface area (Å²) in [5, 5.41) is 9.65. The fourth-order valence-electron chi connectivity index (χ4n) is 2.10. The van der Waals surface area contributed by atoms with Crippen molar-refractivity contribution >= 4 is 15.9 Å². The Bertz CT molecular complexity index is 519. The highest BCUT2D eigenvalue weighted by Gasteiger charge is 2.16. The molecule has 0 aliphatic carbocycles. The third kappa shape index (κ3) is 3.86. The number of halogens is 1. The van der Waals surface area contributed by atoms with Crippen LogP contribution in [0.1, 0.15) is 17.2 Å². The molecular weight excluding hydrogens is 304 g/mol. The molecule has 100 valence electrons. The van der Waals surface area contributed by atoms with Gasteiger partial charge in [-0.1, -0.05) is 34.1 Å². The average Bonchev–Trinajstić information content (AvgIpc) is 2.41. The average molecular weight is 321 g/mol. The Labute approximate surface area is 122 Å². The van der Waals surface area contributed by atoms with Gasteiger partial charge in [-0.2, -0.15) is 0 Å². The van der Waals surface area contributed by atoms with Crippen molar-refractivity contribution < 1.29 is 5.11 Å². The largest absolute Gasteiger partial charge is 0.394 e. The number of aliphatic hydroxyl groups is 1. The SMILES string of the molecule is CN(Cc1cccnc1)[C@@H](CO)c1cccc(Br)c1. The molecule has 2 rings (SSSR count). The van der Waals surface area contributed by atoms with E-state index in [1.165, 1.54) is 0 Å². The fourth-order valence-corrected chi connectivity index (χ4v) is 2.52. The maximum Gasteiger partial charge on any atom is 0.0628 e. The van der Waals surface area contributed by atoms with Gasteiger partial charge in [0.15, 0.2) is 0 Å². The van der Waals surface area contributed by atoms with Crippen molar-refractivity contribution in [3.8, 4) is 0 Å². The molecule has 1 heterocycles. The summed E-state index contributed by atoms with van der Waals surface area (Å²) in [4.78, 5) is 6.24. The molecule has 0 fully saturated rings. The molecule has 0 bridgehead atoms. The molecule has 1 aromatic carbocycles. The topological polar surface area (TPSA) is 36.4 Å². The lowest BCUT2D eigenvalue weighted by Crippen LogP contribution is -2.27. The Balaban J connectivity index is 2.13. The van der Waals surface area contributed by atoms with E-state index < -0.39 is 0 Å². The van der Waals surface area contributed by atoms with Crippen LogP contribution in [0.3, 0.4) is 0 Å². The molecule has 0 aliphatic rings. The molecule has 3 nitrogen and oxygen atoms in total. The van der Waals surface area contributed by atoms with Crippen LogP contribution in [0, 0.1) is 0 Å². The summed E-state index contributed by atoms with van der Waals surface area (Å²) >= 11 is 3.47. The van der Waals surface area contributed by atoms with Gasteiger partial charge in [0.1, 0.15) is 0 Å². The molecule has 1 N–H and O–H groups in total. The van der Waals surface area contributed by atoms with Crippen LogP contribution in [-0.2, 0) is 6.54 Å². The fraction of sp³-hybridized carbons (Fsp3) is 0.267. The molecule has 2 aromatic rings. The predicted molar refractivity (Wildman–Crippen MR) is 79.7 cm³/mol. The number of nitrogens with zero attached hydrogens (tertiary/aromatic N) is 2. The predicted octanol–water partition coefficient (Wildman–Crippen LogP) is 3.01. The lowest BCUT2D eigenvalue weighted by molar-refractivity contribution is 0.142. The van der Waals surface area contributed by atoms with Gasteiger partial charge in [0.2, 0.25) is 0 Å². The molecule has 0 amide bonds. The van der Waals surface area contributed by atoms with E-state index in [1.54, 1.807) is 6.20 Å². The Morgan fingerprint density at radius 2 is 2.16 bits per heavy atom. The first-order valence-corrected chi connectivity index (χ1v) is 6.95. The minimum Gasteiger partial charge on any atom is -0.394 e. The molecule has 1 aromatic heterocycles. The maximum absolute atomic E-state index is 9.65. The van der Waals surface area contributed by atoms with Crippen molar-refractivity contribution in [1.82, 2.24) is 9.88 Å². The summed E-state index contributed by atoms with van der Waals surface area (Å²) in [6.45, 7) is 0.846. The first kappa shape index (κ1) is 14.2. The lowest BCUT2D eigenvalue weighted by Gasteiger charge is -2.27. The first-order chi connectivity index (χ1) is 9.20. The quantitative estimate of drug-likeness (QED) is 0.920. The van der Waals surface area contributed by atoms with Gasteiger partial charge in [-0.25, -0.2) is 0 Å². The van der Waals surface area contributed by atoms with Gasteiger partial charge in [0.05, 0.1) is 12.6 Å². The van der Waals surface area contributed by atoms with Gasteiger partial charge in [-0.15, -0.1) is 0 Å². The van der Waals surface area contributed by atoms with Gasteiger partial charge in [0.25, 0.3) is 0 Å². The van der Waals surface area contributed by atoms with E-state index >= 15 is 0 Å². The van der Waals surface area contributed by atoms with Gasteiger partial charge in [-0.05, 0) is 36.4 Å². The molecule has 1 atom stereocenters. The minimum atomic E-state index is -0.0160. The van der Waals surface area contributed by atoms with Gasteiger partial charge >= 0.3 is 0 Å². The molecule has 0 saturated carbocycles. The van der Waals surface area contributed by atoms with Crippen molar-refractivity contribution in [1.29, 1.82) is 0 Å². The first-order valence-electron chi connectivity index (χ1n) is 6.16. The molecule has 0 radical (unpaired) electrons. The smallest absolute Gasteiger partial charge is 0.0628 e. The number of hydrogen-bond acceptors (Lipinski definition) is 3. The van der Waals surface area contributed by atoms with Crippen LogP contribution in [0.2, 0.25) is 0 Å². The van der Waals surface area contributed by atoms with Crippen LogP contribution in [0.15, 0.2) is 53.3 Å². The zero-order valence-electron chi connectivity index (χ0n) is 10.8. The molecule has 4 heteroatoms. The zero-order valence-corrected chi connectivity index (χ0v) is 12.4. The Morgan fingerprint density at radius 1 is 1.32 bits per heavy atom. The third-order valence-electron chi connectivity index (χ3n) is 3.09. The summed E-state index contributed by atoms with van der Waals surface area (Å²) in [5.41, 5.74) is 2.24. The summed E-state index contributed by atoms with van der Waals surface area (Å²) in [7, 11) is 2.01. The van der Waals surface area contributed by atoms with E-state index in [-0.39, 0.29) is 12.6 Å². The standard InChI is InChI=1S/C15H17BrN2O/c1-18(10-12-4-3-7-17-9-12)15(11-19)13-5-2-6-14(16)8-13/h2-9,15,19H,10-11H2,1H3/t15-/m0/s1. The van der Waals surface area contributed by atoms with Crippen molar-refractivity contribution in [2.75, 3.05) is 13.7 Å². The van der Waals surface area contributed by atoms with Gasteiger partial charge in [-0.3, -0.25) is 9.88 Å². The zero-order chi connectivity index (χ0) is 13.7. The highest BCUT2D eigenvalue weighted by molar-refractivity contribution is 9.10. The number of aliphatic hydroxyl groups excluding tert-OH is 1. The Kier molecular flexibility index (Phi) is 5.07. The number of rotatable bonds is 5. The molecule has 0 spiro atoms. The number of likely N-dealkylation sites (N-methyl/N-ethyl adjacent to an activating group) is 1. The summed E-state index contributed by atoms with van der Waals surface area (Å²) in [6, 6.07) is 12.0. The van der Waals surface area contributed by atoms with Crippen LogP contribution in [-0.4, -0.2) is 28.6 Å².